The van der Waals surface area contributed by atoms with Gasteiger partial charge in [-0.3, -0.25) is 5.43 Å². The highest BCUT2D eigenvalue weighted by atomic mass is 35.5. The van der Waals surface area contributed by atoms with Crippen LogP contribution in [0.4, 0.5) is 18.9 Å². The molecule has 6 heteroatoms. The first-order valence-electron chi connectivity index (χ1n) is 6.66. The number of aryl methyl sites for hydroxylation is 1. The second kappa shape index (κ2) is 6.83. The number of para-hydroxylation sites is 1. The van der Waals surface area contributed by atoms with E-state index in [1.54, 1.807) is 25.1 Å². The van der Waals surface area contributed by atoms with E-state index >= 15 is 0 Å². The van der Waals surface area contributed by atoms with Crippen molar-refractivity contribution in [3.63, 3.8) is 0 Å². The summed E-state index contributed by atoms with van der Waals surface area (Å²) in [4.78, 5) is 0. The number of hydrogen-bond acceptors (Lipinski definition) is 2. The molecule has 2 nitrogen and oxygen atoms in total. The Morgan fingerprint density at radius 3 is 2.41 bits per heavy atom. The van der Waals surface area contributed by atoms with Gasteiger partial charge in [0, 0.05) is 5.56 Å². The molecule has 0 aromatic heterocycles. The lowest BCUT2D eigenvalue weighted by molar-refractivity contribution is -0.137. The van der Waals surface area contributed by atoms with Gasteiger partial charge in [0.2, 0.25) is 0 Å². The molecule has 0 amide bonds. The standard InChI is InChI=1S/C16H14ClF3N2/c1-2-11-8-12(10-13(9-11)16(18,19)20)15(17)22-21-14-6-4-3-5-7-14/h3-10,21H,2H2,1H3. The zero-order valence-corrected chi connectivity index (χ0v) is 12.5. The van der Waals surface area contributed by atoms with Crippen molar-refractivity contribution in [2.24, 2.45) is 5.10 Å². The summed E-state index contributed by atoms with van der Waals surface area (Å²) in [6, 6.07) is 12.7. The molecule has 0 heterocycles. The van der Waals surface area contributed by atoms with Crippen LogP contribution in [0, 0.1) is 0 Å². The second-order valence-corrected chi connectivity index (χ2v) is 5.01. The number of halogens is 4. The zero-order valence-electron chi connectivity index (χ0n) is 11.8. The Morgan fingerprint density at radius 2 is 1.82 bits per heavy atom. The number of alkyl halides is 3. The maximum absolute atomic E-state index is 12.9. The summed E-state index contributed by atoms with van der Waals surface area (Å²) in [5.41, 5.74) is 3.47. The number of nitrogens with zero attached hydrogens (tertiary/aromatic N) is 1. The SMILES string of the molecule is CCc1cc(C(Cl)=NNc2ccccc2)cc(C(F)(F)F)c1. The van der Waals surface area contributed by atoms with Crippen LogP contribution in [-0.4, -0.2) is 5.17 Å². The second-order valence-electron chi connectivity index (χ2n) is 4.65. The van der Waals surface area contributed by atoms with Gasteiger partial charge in [0.05, 0.1) is 11.3 Å². The number of hydrazone groups is 1. The number of rotatable bonds is 4. The molecule has 2 aromatic carbocycles. The average molecular weight is 327 g/mol. The van der Waals surface area contributed by atoms with Crippen molar-refractivity contribution < 1.29 is 13.2 Å². The molecule has 116 valence electrons. The van der Waals surface area contributed by atoms with Crippen LogP contribution in [0.3, 0.4) is 0 Å². The van der Waals surface area contributed by atoms with Gasteiger partial charge in [-0.05, 0) is 42.3 Å². The maximum atomic E-state index is 12.9. The van der Waals surface area contributed by atoms with Crippen LogP contribution in [0.25, 0.3) is 0 Å². The third-order valence-corrected chi connectivity index (χ3v) is 3.33. The molecule has 0 spiro atoms. The van der Waals surface area contributed by atoms with Gasteiger partial charge >= 0.3 is 6.18 Å². The van der Waals surface area contributed by atoms with Crippen LogP contribution >= 0.6 is 11.6 Å². The molecule has 0 aliphatic carbocycles. The molecule has 0 saturated carbocycles. The number of benzene rings is 2. The third kappa shape index (κ3) is 4.24. The molecule has 0 aliphatic rings. The van der Waals surface area contributed by atoms with Crippen molar-refractivity contribution in [3.05, 3.63) is 65.2 Å². The molecule has 0 unspecified atom stereocenters. The van der Waals surface area contributed by atoms with Crippen LogP contribution in [0.5, 0.6) is 0 Å². The Labute approximate surface area is 131 Å². The molecule has 2 rings (SSSR count). The number of nitrogens with one attached hydrogen (secondary N) is 1. The van der Waals surface area contributed by atoms with Gasteiger partial charge in [-0.15, -0.1) is 0 Å². The lowest BCUT2D eigenvalue weighted by atomic mass is 10.0. The molecule has 0 saturated heterocycles. The van der Waals surface area contributed by atoms with Gasteiger partial charge in [-0.1, -0.05) is 36.7 Å². The Hall–Kier alpha value is -2.01. The fourth-order valence-electron chi connectivity index (χ4n) is 1.87. The van der Waals surface area contributed by atoms with Crippen LogP contribution < -0.4 is 5.43 Å². The first-order valence-corrected chi connectivity index (χ1v) is 7.03. The van der Waals surface area contributed by atoms with E-state index in [2.05, 4.69) is 10.5 Å². The van der Waals surface area contributed by atoms with Crippen molar-refractivity contribution in [3.8, 4) is 0 Å². The van der Waals surface area contributed by atoms with Crippen molar-refractivity contribution in [1.29, 1.82) is 0 Å². The van der Waals surface area contributed by atoms with Gasteiger partial charge in [0.1, 0.15) is 0 Å². The summed E-state index contributed by atoms with van der Waals surface area (Å²) < 4.78 is 38.7. The van der Waals surface area contributed by atoms with Crippen molar-refractivity contribution >= 4 is 22.5 Å². The van der Waals surface area contributed by atoms with Crippen molar-refractivity contribution in [2.45, 2.75) is 19.5 Å². The van der Waals surface area contributed by atoms with Gasteiger partial charge in [-0.2, -0.15) is 18.3 Å². The molecule has 22 heavy (non-hydrogen) atoms. The molecule has 0 atom stereocenters. The first kappa shape index (κ1) is 16.4. The molecule has 0 fully saturated rings. The highest BCUT2D eigenvalue weighted by Crippen LogP contribution is 2.31. The van der Waals surface area contributed by atoms with Crippen molar-refractivity contribution in [2.75, 3.05) is 5.43 Å². The van der Waals surface area contributed by atoms with Crippen LogP contribution in [0.1, 0.15) is 23.6 Å². The molecule has 0 bridgehead atoms. The van der Waals surface area contributed by atoms with Crippen molar-refractivity contribution in [1.82, 2.24) is 0 Å². The van der Waals surface area contributed by atoms with E-state index in [-0.39, 0.29) is 10.7 Å². The smallest absolute Gasteiger partial charge is 0.277 e. The average Bonchev–Trinajstić information content (AvgIpc) is 2.52. The normalized spacial score (nSPS) is 12.3. The highest BCUT2D eigenvalue weighted by molar-refractivity contribution is 6.69. The predicted molar refractivity (Wildman–Crippen MR) is 83.3 cm³/mol. The molecule has 1 N–H and O–H groups in total. The largest absolute Gasteiger partial charge is 0.416 e. The monoisotopic (exact) mass is 326 g/mol. The summed E-state index contributed by atoms with van der Waals surface area (Å²) in [5, 5.41) is 3.90. The summed E-state index contributed by atoms with van der Waals surface area (Å²) in [5.74, 6) is 0. The Kier molecular flexibility index (Phi) is 5.08. The number of anilines is 1. The molecule has 2 aromatic rings. The molecule has 0 aliphatic heterocycles. The Morgan fingerprint density at radius 1 is 1.14 bits per heavy atom. The highest BCUT2D eigenvalue weighted by Gasteiger charge is 2.31. The molecule has 0 radical (unpaired) electrons. The summed E-state index contributed by atoms with van der Waals surface area (Å²) in [6.07, 6.45) is -3.93. The Bertz CT molecular complexity index is 667. The maximum Gasteiger partial charge on any atom is 0.416 e. The van der Waals surface area contributed by atoms with Crippen LogP contribution in [-0.2, 0) is 12.6 Å². The lowest BCUT2D eigenvalue weighted by Crippen LogP contribution is -2.08. The summed E-state index contributed by atoms with van der Waals surface area (Å²) >= 11 is 6.03. The lowest BCUT2D eigenvalue weighted by Gasteiger charge is -2.11. The fourth-order valence-corrected chi connectivity index (χ4v) is 2.02. The van der Waals surface area contributed by atoms with Gasteiger partial charge in [0.15, 0.2) is 5.17 Å². The van der Waals surface area contributed by atoms with Gasteiger partial charge in [-0.25, -0.2) is 0 Å². The molecular weight excluding hydrogens is 313 g/mol. The minimum atomic E-state index is -4.41. The van der Waals surface area contributed by atoms with E-state index in [0.717, 1.165) is 12.1 Å². The van der Waals surface area contributed by atoms with Crippen LogP contribution in [0.2, 0.25) is 0 Å². The third-order valence-electron chi connectivity index (χ3n) is 3.02. The minimum absolute atomic E-state index is 0.0235. The van der Waals surface area contributed by atoms with E-state index < -0.39 is 11.7 Å². The van der Waals surface area contributed by atoms with E-state index in [1.165, 1.54) is 0 Å². The topological polar surface area (TPSA) is 24.4 Å². The van der Waals surface area contributed by atoms with E-state index in [0.29, 0.717) is 17.7 Å². The minimum Gasteiger partial charge on any atom is -0.277 e. The predicted octanol–water partition coefficient (Wildman–Crippen LogP) is 5.28. The van der Waals surface area contributed by atoms with Gasteiger partial charge in [0.25, 0.3) is 0 Å². The fraction of sp³-hybridized carbons (Fsp3) is 0.188. The van der Waals surface area contributed by atoms with E-state index in [4.69, 9.17) is 11.6 Å². The summed E-state index contributed by atoms with van der Waals surface area (Å²) in [6.45, 7) is 1.78. The van der Waals surface area contributed by atoms with Gasteiger partial charge < -0.3 is 0 Å². The summed E-state index contributed by atoms with van der Waals surface area (Å²) in [7, 11) is 0. The molecular formula is C16H14ClF3N2. The van der Waals surface area contributed by atoms with Crippen LogP contribution in [0.15, 0.2) is 53.6 Å². The zero-order chi connectivity index (χ0) is 16.2. The quantitative estimate of drug-likeness (QED) is 0.600. The Balaban J connectivity index is 2.30. The van der Waals surface area contributed by atoms with E-state index in [9.17, 15) is 13.2 Å². The first-order chi connectivity index (χ1) is 10.4. The number of hydrogen-bond donors (Lipinski definition) is 1. The van der Waals surface area contributed by atoms with E-state index in [1.807, 2.05) is 18.2 Å².